The molecule has 2 heterocycles. The highest BCUT2D eigenvalue weighted by Crippen LogP contribution is 2.45. The Balaban J connectivity index is 1.28. The van der Waals surface area contributed by atoms with Gasteiger partial charge in [-0.15, -0.1) is 0 Å². The van der Waals surface area contributed by atoms with E-state index in [1.165, 1.54) is 0 Å². The second-order valence-corrected chi connectivity index (χ2v) is 12.1. The molecule has 1 atom stereocenters. The van der Waals surface area contributed by atoms with Crippen molar-refractivity contribution in [3.8, 4) is 11.8 Å². The molecule has 0 saturated carbocycles. The molecule has 2 aliphatic carbocycles. The molecular weight excluding hydrogens is 558 g/mol. The predicted octanol–water partition coefficient (Wildman–Crippen LogP) is 4.38. The molecule has 3 aliphatic rings. The van der Waals surface area contributed by atoms with E-state index in [1.807, 2.05) is 0 Å². The lowest BCUT2D eigenvalue weighted by Crippen LogP contribution is -2.62. The number of benzene rings is 1. The molecule has 0 spiro atoms. The summed E-state index contributed by atoms with van der Waals surface area (Å²) in [6, 6.07) is 7.07. The van der Waals surface area contributed by atoms with Gasteiger partial charge in [-0.3, -0.25) is 10.1 Å². The minimum atomic E-state index is -3.47. The van der Waals surface area contributed by atoms with Gasteiger partial charge < -0.3 is 14.4 Å². The first-order chi connectivity index (χ1) is 18.9. The first-order valence-corrected chi connectivity index (χ1v) is 14.4. The van der Waals surface area contributed by atoms with Crippen molar-refractivity contribution in [2.75, 3.05) is 24.7 Å². The Morgan fingerprint density at radius 2 is 1.88 bits per heavy atom. The monoisotopic (exact) mass is 581 g/mol. The molecule has 1 aliphatic heterocycles. The summed E-state index contributed by atoms with van der Waals surface area (Å²) in [6.45, 7) is 3.12. The number of ether oxygens (including phenoxy) is 1. The molecule has 0 bridgehead atoms. The maximum absolute atomic E-state index is 12.6. The van der Waals surface area contributed by atoms with Crippen LogP contribution >= 0.6 is 11.6 Å². The van der Waals surface area contributed by atoms with Crippen molar-refractivity contribution in [2.24, 2.45) is 5.41 Å². The standard InChI is InChI=1S/C28H24ClN3O7S/c1-16(22-6-4-5-7-23(22)29)38-27(35)30-25-17(2)39-31-24(25)9-8-18-10-19-12-21(13-20(19)11-18)28(26(33)34)14-32(15-28)40(3,36)37/h4-7,10-13,16H,14-15H2,1-3H3,(H,30,35)(H,33,34). The van der Waals surface area contributed by atoms with E-state index in [9.17, 15) is 23.1 Å². The number of anilines is 1. The van der Waals surface area contributed by atoms with Crippen molar-refractivity contribution < 1.29 is 32.4 Å². The highest BCUT2D eigenvalue weighted by atomic mass is 35.5. The number of carboxylic acids is 1. The third kappa shape index (κ3) is 5.09. The van der Waals surface area contributed by atoms with Crippen LogP contribution in [0.2, 0.25) is 5.02 Å². The van der Waals surface area contributed by atoms with Crippen LogP contribution in [0.5, 0.6) is 0 Å². The van der Waals surface area contributed by atoms with Crippen LogP contribution in [0.25, 0.3) is 0 Å². The van der Waals surface area contributed by atoms with E-state index in [1.54, 1.807) is 62.4 Å². The van der Waals surface area contributed by atoms with E-state index in [4.69, 9.17) is 20.9 Å². The molecular formula is C28H24ClN3O7S. The van der Waals surface area contributed by atoms with Crippen LogP contribution in [0.15, 0.2) is 75.4 Å². The minimum absolute atomic E-state index is 0.110. The summed E-state index contributed by atoms with van der Waals surface area (Å²) in [5, 5.41) is 16.9. The molecule has 1 fully saturated rings. The third-order valence-corrected chi connectivity index (χ3v) is 8.48. The Labute approximate surface area is 235 Å². The number of aliphatic carboxylic acids is 1. The van der Waals surface area contributed by atoms with E-state index in [-0.39, 0.29) is 24.5 Å². The van der Waals surface area contributed by atoms with Crippen LogP contribution in [0.3, 0.4) is 0 Å². The number of hydrogen-bond acceptors (Lipinski definition) is 7. The summed E-state index contributed by atoms with van der Waals surface area (Å²) in [5.41, 5.74) is 2.63. The normalized spacial score (nSPS) is 18.2. The molecule has 2 aromatic rings. The Bertz CT molecular complexity index is 1730. The Morgan fingerprint density at radius 3 is 2.52 bits per heavy atom. The zero-order valence-electron chi connectivity index (χ0n) is 21.7. The number of allylic oxidation sites excluding steroid dienone is 7. The van der Waals surface area contributed by atoms with Crippen molar-refractivity contribution in [3.05, 3.63) is 92.9 Å². The Morgan fingerprint density at radius 1 is 1.18 bits per heavy atom. The highest BCUT2D eigenvalue weighted by molar-refractivity contribution is 7.88. The molecule has 5 rings (SSSR count). The fourth-order valence-corrected chi connectivity index (χ4v) is 5.85. The van der Waals surface area contributed by atoms with Crippen molar-refractivity contribution in [1.29, 1.82) is 0 Å². The van der Waals surface area contributed by atoms with Gasteiger partial charge in [0.2, 0.25) is 10.0 Å². The maximum Gasteiger partial charge on any atom is 0.412 e. The molecule has 1 saturated heterocycles. The zero-order chi connectivity index (χ0) is 28.8. The van der Waals surface area contributed by atoms with Crippen LogP contribution in [-0.2, 0) is 19.6 Å². The number of carbonyl (C=O) groups excluding carboxylic acids is 1. The topological polar surface area (TPSA) is 139 Å². The average Bonchev–Trinajstić information content (AvgIpc) is 3.50. The van der Waals surface area contributed by atoms with Gasteiger partial charge >= 0.3 is 12.1 Å². The minimum Gasteiger partial charge on any atom is -0.481 e. The molecule has 10 nitrogen and oxygen atoms in total. The third-order valence-electron chi connectivity index (χ3n) is 6.94. The maximum atomic E-state index is 12.6. The first kappa shape index (κ1) is 27.5. The van der Waals surface area contributed by atoms with Crippen molar-refractivity contribution in [3.63, 3.8) is 0 Å². The number of aryl methyl sites for hydroxylation is 1. The van der Waals surface area contributed by atoms with Gasteiger partial charge in [0.15, 0.2) is 11.5 Å². The van der Waals surface area contributed by atoms with Gasteiger partial charge in [-0.2, -0.15) is 4.31 Å². The Hall–Kier alpha value is -4.11. The summed E-state index contributed by atoms with van der Waals surface area (Å²) in [4.78, 5) is 24.6. The lowest BCUT2D eigenvalue weighted by molar-refractivity contribution is -0.152. The van der Waals surface area contributed by atoms with Gasteiger partial charge in [-0.05, 0) is 66.9 Å². The van der Waals surface area contributed by atoms with E-state index in [0.717, 1.165) is 21.7 Å². The van der Waals surface area contributed by atoms with Crippen LogP contribution in [-0.4, -0.2) is 54.4 Å². The van der Waals surface area contributed by atoms with Crippen LogP contribution in [0.4, 0.5) is 10.5 Å². The molecule has 1 unspecified atom stereocenters. The quantitative estimate of drug-likeness (QED) is 0.479. The van der Waals surface area contributed by atoms with E-state index in [2.05, 4.69) is 22.3 Å². The summed E-state index contributed by atoms with van der Waals surface area (Å²) in [7, 11) is -3.47. The lowest BCUT2D eigenvalue weighted by atomic mass is 9.75. The zero-order valence-corrected chi connectivity index (χ0v) is 23.3. The summed E-state index contributed by atoms with van der Waals surface area (Å²) >= 11 is 6.19. The number of nitrogens with zero attached hydrogens (tertiary/aromatic N) is 2. The van der Waals surface area contributed by atoms with Crippen LogP contribution in [0.1, 0.15) is 30.0 Å². The van der Waals surface area contributed by atoms with Crippen molar-refractivity contribution >= 4 is 39.4 Å². The second-order valence-electron chi connectivity index (χ2n) is 9.72. The van der Waals surface area contributed by atoms with E-state index >= 15 is 0 Å². The molecule has 2 N–H and O–H groups in total. The van der Waals surface area contributed by atoms with Gasteiger partial charge in [-0.1, -0.05) is 40.9 Å². The number of hydrogen-bond donors (Lipinski definition) is 2. The molecule has 40 heavy (non-hydrogen) atoms. The molecule has 0 radical (unpaired) electrons. The lowest BCUT2D eigenvalue weighted by Gasteiger charge is -2.46. The van der Waals surface area contributed by atoms with E-state index < -0.39 is 33.6 Å². The van der Waals surface area contributed by atoms with Gasteiger partial charge in [0, 0.05) is 29.2 Å². The fourth-order valence-electron chi connectivity index (χ4n) is 4.65. The summed E-state index contributed by atoms with van der Waals surface area (Å²) in [5.74, 6) is 5.16. The summed E-state index contributed by atoms with van der Waals surface area (Å²) in [6.07, 6.45) is 6.84. The Kier molecular flexibility index (Phi) is 6.95. The van der Waals surface area contributed by atoms with Gasteiger partial charge in [0.25, 0.3) is 0 Å². The van der Waals surface area contributed by atoms with Crippen molar-refractivity contribution in [1.82, 2.24) is 9.46 Å². The van der Waals surface area contributed by atoms with Gasteiger partial charge in [0.05, 0.1) is 6.26 Å². The number of carboxylic acid groups (broad SMARTS) is 1. The number of carbonyl (C=O) groups is 2. The average molecular weight is 582 g/mol. The number of nitrogens with one attached hydrogen (secondary N) is 1. The number of rotatable bonds is 6. The van der Waals surface area contributed by atoms with Crippen LogP contribution < -0.4 is 5.32 Å². The van der Waals surface area contributed by atoms with Gasteiger partial charge in [-0.25, -0.2) is 13.2 Å². The smallest absolute Gasteiger partial charge is 0.412 e. The predicted molar refractivity (Wildman–Crippen MR) is 147 cm³/mol. The molecule has 1 aromatic carbocycles. The van der Waals surface area contributed by atoms with E-state index in [0.29, 0.717) is 27.5 Å². The fraction of sp³-hybridized carbons (Fsp3) is 0.250. The molecule has 12 heteroatoms. The molecule has 1 amide bonds. The number of fused-ring (bicyclic) bond motifs is 1. The second kappa shape index (κ2) is 10.1. The number of halogens is 1. The highest BCUT2D eigenvalue weighted by Gasteiger charge is 2.55. The SMILES string of the molecule is Cc1onc(C#CC2=CC3=CC(C4(C(=O)O)CN(S(C)(=O)=O)C4)=CC3=C2)c1NC(=O)OC(C)c1ccccc1Cl. The molecule has 206 valence electrons. The van der Waals surface area contributed by atoms with Gasteiger partial charge in [0.1, 0.15) is 17.2 Å². The number of sulfonamides is 1. The largest absolute Gasteiger partial charge is 0.481 e. The first-order valence-electron chi connectivity index (χ1n) is 12.1. The number of amides is 1. The summed E-state index contributed by atoms with van der Waals surface area (Å²) < 4.78 is 35.4. The number of aromatic nitrogens is 1. The molecule has 1 aromatic heterocycles. The van der Waals surface area contributed by atoms with Crippen molar-refractivity contribution in [2.45, 2.75) is 20.0 Å². The van der Waals surface area contributed by atoms with Crippen LogP contribution in [0, 0.1) is 24.2 Å².